The molecular formula is C24H29N3O3. The van der Waals surface area contributed by atoms with E-state index in [-0.39, 0.29) is 5.57 Å². The molecular weight excluding hydrogens is 378 g/mol. The molecule has 1 aromatic heterocycles. The molecule has 1 amide bonds. The molecule has 1 atom stereocenters. The highest BCUT2D eigenvalue weighted by Crippen LogP contribution is 2.23. The van der Waals surface area contributed by atoms with Crippen LogP contribution >= 0.6 is 0 Å². The first kappa shape index (κ1) is 23.0. The van der Waals surface area contributed by atoms with E-state index in [9.17, 15) is 14.9 Å². The summed E-state index contributed by atoms with van der Waals surface area (Å²) in [6.07, 6.45) is 0.498. The number of rotatable bonds is 5. The number of carbonyl (C=O) groups excluding carboxylic acids is 2. The smallest absolute Gasteiger partial charge is 0.349 e. The number of benzene rings is 1. The van der Waals surface area contributed by atoms with E-state index < -0.39 is 23.5 Å². The summed E-state index contributed by atoms with van der Waals surface area (Å²) in [5, 5.41) is 12.2. The fraction of sp³-hybridized carbons (Fsp3) is 0.375. The van der Waals surface area contributed by atoms with E-state index in [1.165, 1.54) is 18.6 Å². The second-order valence-electron chi connectivity index (χ2n) is 8.45. The standard InChI is InChI=1S/C24H29N3O3/c1-15-8-10-21(11-9-15)27-16(2)12-19(17(27)3)13-20(14-25)23(29)30-18(4)22(28)26-24(5,6)7/h8-13,18H,1-7H3,(H,26,28)/b20-13+/t18-/m0/s1. The number of nitrogens with one attached hydrogen (secondary N) is 1. The lowest BCUT2D eigenvalue weighted by molar-refractivity contribution is -0.151. The van der Waals surface area contributed by atoms with E-state index >= 15 is 0 Å². The Morgan fingerprint density at radius 2 is 1.77 bits per heavy atom. The minimum atomic E-state index is -1.01. The number of amides is 1. The topological polar surface area (TPSA) is 84.1 Å². The zero-order chi connectivity index (χ0) is 22.6. The van der Waals surface area contributed by atoms with Crippen molar-refractivity contribution in [1.82, 2.24) is 9.88 Å². The molecule has 30 heavy (non-hydrogen) atoms. The van der Waals surface area contributed by atoms with Crippen LogP contribution in [0.2, 0.25) is 0 Å². The summed E-state index contributed by atoms with van der Waals surface area (Å²) in [7, 11) is 0. The maximum Gasteiger partial charge on any atom is 0.349 e. The molecule has 158 valence electrons. The van der Waals surface area contributed by atoms with Crippen molar-refractivity contribution in [3.8, 4) is 11.8 Å². The predicted octanol–water partition coefficient (Wildman–Crippen LogP) is 4.16. The van der Waals surface area contributed by atoms with Crippen molar-refractivity contribution in [2.24, 2.45) is 0 Å². The molecule has 1 aromatic carbocycles. The number of nitriles is 1. The van der Waals surface area contributed by atoms with Gasteiger partial charge in [-0.15, -0.1) is 0 Å². The van der Waals surface area contributed by atoms with Crippen molar-refractivity contribution in [1.29, 1.82) is 5.26 Å². The SMILES string of the molecule is Cc1ccc(-n2c(C)cc(/C=C(\C#N)C(=O)O[C@@H](C)C(=O)NC(C)(C)C)c2C)cc1. The molecule has 6 heteroatoms. The third kappa shape index (κ3) is 5.60. The molecule has 0 radical (unpaired) electrons. The van der Waals surface area contributed by atoms with Gasteiger partial charge in [0.05, 0.1) is 0 Å². The van der Waals surface area contributed by atoms with Crippen LogP contribution in [0, 0.1) is 32.1 Å². The number of carbonyl (C=O) groups is 2. The van der Waals surface area contributed by atoms with Crippen LogP contribution in [0.1, 0.15) is 50.2 Å². The third-order valence-corrected chi connectivity index (χ3v) is 4.55. The van der Waals surface area contributed by atoms with E-state index in [0.717, 1.165) is 22.6 Å². The summed E-state index contributed by atoms with van der Waals surface area (Å²) in [6, 6.07) is 11.9. The molecule has 0 aliphatic carbocycles. The first-order valence-electron chi connectivity index (χ1n) is 9.83. The molecule has 2 aromatic rings. The monoisotopic (exact) mass is 407 g/mol. The average Bonchev–Trinajstić information content (AvgIpc) is 2.92. The highest BCUT2D eigenvalue weighted by atomic mass is 16.5. The van der Waals surface area contributed by atoms with Crippen LogP contribution in [0.25, 0.3) is 11.8 Å². The van der Waals surface area contributed by atoms with Crippen molar-refractivity contribution in [3.63, 3.8) is 0 Å². The lowest BCUT2D eigenvalue weighted by atomic mass is 10.1. The molecule has 0 bridgehead atoms. The molecule has 0 spiro atoms. The normalized spacial score (nSPS) is 12.8. The molecule has 0 fully saturated rings. The van der Waals surface area contributed by atoms with Gasteiger partial charge in [0.15, 0.2) is 6.10 Å². The van der Waals surface area contributed by atoms with Gasteiger partial charge in [0.2, 0.25) is 0 Å². The van der Waals surface area contributed by atoms with Crippen LogP contribution in [0.4, 0.5) is 0 Å². The van der Waals surface area contributed by atoms with Gasteiger partial charge in [-0.1, -0.05) is 17.7 Å². The van der Waals surface area contributed by atoms with Crippen LogP contribution in [0.3, 0.4) is 0 Å². The van der Waals surface area contributed by atoms with Gasteiger partial charge in [-0.25, -0.2) is 4.79 Å². The van der Waals surface area contributed by atoms with Gasteiger partial charge in [-0.3, -0.25) is 4.79 Å². The molecule has 1 heterocycles. The summed E-state index contributed by atoms with van der Waals surface area (Å²) in [5.74, 6) is -1.24. The Kier molecular flexibility index (Phi) is 6.88. The van der Waals surface area contributed by atoms with Crippen LogP contribution in [-0.2, 0) is 14.3 Å². The quantitative estimate of drug-likeness (QED) is 0.458. The van der Waals surface area contributed by atoms with Crippen LogP contribution in [-0.4, -0.2) is 28.1 Å². The number of hydrogen-bond acceptors (Lipinski definition) is 4. The lowest BCUT2D eigenvalue weighted by Crippen LogP contribution is -2.46. The second-order valence-corrected chi connectivity index (χ2v) is 8.45. The maximum absolute atomic E-state index is 12.5. The minimum absolute atomic E-state index is 0.158. The van der Waals surface area contributed by atoms with E-state index in [4.69, 9.17) is 4.74 Å². The molecule has 0 saturated carbocycles. The Morgan fingerprint density at radius 3 is 2.30 bits per heavy atom. The molecule has 0 unspecified atom stereocenters. The molecule has 0 aliphatic rings. The number of ether oxygens (including phenoxy) is 1. The molecule has 6 nitrogen and oxygen atoms in total. The number of aryl methyl sites for hydroxylation is 2. The molecule has 1 N–H and O–H groups in total. The number of esters is 1. The Labute approximate surface area is 178 Å². The maximum atomic E-state index is 12.5. The summed E-state index contributed by atoms with van der Waals surface area (Å²) >= 11 is 0. The largest absolute Gasteiger partial charge is 0.448 e. The van der Waals surface area contributed by atoms with Crippen molar-refractivity contribution in [2.45, 2.75) is 60.1 Å². The third-order valence-electron chi connectivity index (χ3n) is 4.55. The van der Waals surface area contributed by atoms with Gasteiger partial charge in [-0.05, 0) is 78.3 Å². The van der Waals surface area contributed by atoms with Crippen molar-refractivity contribution >= 4 is 18.0 Å². The van der Waals surface area contributed by atoms with Gasteiger partial charge < -0.3 is 14.6 Å². The second kappa shape index (κ2) is 9.00. The van der Waals surface area contributed by atoms with E-state index in [2.05, 4.69) is 9.88 Å². The first-order chi connectivity index (χ1) is 13.9. The fourth-order valence-electron chi connectivity index (χ4n) is 3.07. The number of nitrogens with zero attached hydrogens (tertiary/aromatic N) is 2. The predicted molar refractivity (Wildman–Crippen MR) is 117 cm³/mol. The van der Waals surface area contributed by atoms with Gasteiger partial charge in [-0.2, -0.15) is 5.26 Å². The summed E-state index contributed by atoms with van der Waals surface area (Å²) in [4.78, 5) is 24.6. The van der Waals surface area contributed by atoms with Crippen molar-refractivity contribution in [2.75, 3.05) is 0 Å². The molecule has 2 rings (SSSR count). The lowest BCUT2D eigenvalue weighted by Gasteiger charge is -2.23. The van der Waals surface area contributed by atoms with Crippen LogP contribution in [0.15, 0.2) is 35.9 Å². The van der Waals surface area contributed by atoms with E-state index in [1.807, 2.05) is 77.9 Å². The number of hydrogen-bond donors (Lipinski definition) is 1. The summed E-state index contributed by atoms with van der Waals surface area (Å²) in [6.45, 7) is 12.9. The van der Waals surface area contributed by atoms with E-state index in [1.54, 1.807) is 0 Å². The Hall–Kier alpha value is -3.33. The van der Waals surface area contributed by atoms with Gasteiger partial charge in [0.25, 0.3) is 5.91 Å². The zero-order valence-electron chi connectivity index (χ0n) is 18.7. The Morgan fingerprint density at radius 1 is 1.17 bits per heavy atom. The van der Waals surface area contributed by atoms with Gasteiger partial charge in [0, 0.05) is 22.6 Å². The van der Waals surface area contributed by atoms with Crippen molar-refractivity contribution < 1.29 is 14.3 Å². The molecule has 0 saturated heterocycles. The average molecular weight is 408 g/mol. The highest BCUT2D eigenvalue weighted by molar-refractivity contribution is 5.99. The fourth-order valence-corrected chi connectivity index (χ4v) is 3.07. The van der Waals surface area contributed by atoms with Crippen LogP contribution in [0.5, 0.6) is 0 Å². The highest BCUT2D eigenvalue weighted by Gasteiger charge is 2.24. The minimum Gasteiger partial charge on any atom is -0.448 e. The first-order valence-corrected chi connectivity index (χ1v) is 9.83. The van der Waals surface area contributed by atoms with Crippen LogP contribution < -0.4 is 5.32 Å². The van der Waals surface area contributed by atoms with E-state index in [0.29, 0.717) is 0 Å². The number of aromatic nitrogens is 1. The van der Waals surface area contributed by atoms with Gasteiger partial charge in [0.1, 0.15) is 11.6 Å². The Bertz CT molecular complexity index is 1020. The Balaban J connectivity index is 2.27. The molecule has 0 aliphatic heterocycles. The summed E-state index contributed by atoms with van der Waals surface area (Å²) in [5.41, 5.74) is 4.19. The van der Waals surface area contributed by atoms with Crippen molar-refractivity contribution in [3.05, 3.63) is 58.4 Å². The summed E-state index contributed by atoms with van der Waals surface area (Å²) < 4.78 is 7.27. The zero-order valence-corrected chi connectivity index (χ0v) is 18.7. The van der Waals surface area contributed by atoms with Gasteiger partial charge >= 0.3 is 5.97 Å².